The summed E-state index contributed by atoms with van der Waals surface area (Å²) in [6, 6.07) is 3.89. The second-order valence-corrected chi connectivity index (χ2v) is 5.75. The maximum Gasteiger partial charge on any atom is 0.233 e. The van der Waals surface area contributed by atoms with Gasteiger partial charge >= 0.3 is 0 Å². The van der Waals surface area contributed by atoms with Crippen molar-refractivity contribution in [1.29, 1.82) is 0 Å². The van der Waals surface area contributed by atoms with Crippen LogP contribution in [0.1, 0.15) is 45.1 Å². The van der Waals surface area contributed by atoms with Crippen molar-refractivity contribution >= 4 is 23.1 Å². The number of rotatable bonds is 9. The van der Waals surface area contributed by atoms with Gasteiger partial charge < -0.3 is 11.1 Å². The molecule has 0 aliphatic rings. The van der Waals surface area contributed by atoms with Crippen LogP contribution in [0.25, 0.3) is 0 Å². The zero-order chi connectivity index (χ0) is 15.7. The van der Waals surface area contributed by atoms with Crippen LogP contribution in [-0.2, 0) is 11.2 Å². The van der Waals surface area contributed by atoms with E-state index in [1.807, 2.05) is 32.2 Å². The van der Waals surface area contributed by atoms with Crippen LogP contribution in [0.5, 0.6) is 0 Å². The molecule has 0 spiro atoms. The molecule has 4 nitrogen and oxygen atoms in total. The van der Waals surface area contributed by atoms with Crippen molar-refractivity contribution in [3.05, 3.63) is 30.1 Å². The first-order valence-electron chi connectivity index (χ1n) is 7.54. The minimum atomic E-state index is -0.701. The third-order valence-electron chi connectivity index (χ3n) is 3.68. The molecule has 1 aromatic rings. The van der Waals surface area contributed by atoms with E-state index < -0.39 is 5.41 Å². The molecule has 1 rings (SSSR count). The molecule has 0 fully saturated rings. The number of hydrogen-bond acceptors (Lipinski definition) is 3. The van der Waals surface area contributed by atoms with E-state index >= 15 is 0 Å². The predicted molar refractivity (Wildman–Crippen MR) is 90.0 cm³/mol. The molecular formula is C16H25N3OS. The first kappa shape index (κ1) is 17.6. The van der Waals surface area contributed by atoms with Crippen LogP contribution in [0.15, 0.2) is 24.5 Å². The van der Waals surface area contributed by atoms with Gasteiger partial charge in [0.25, 0.3) is 0 Å². The van der Waals surface area contributed by atoms with Crippen molar-refractivity contribution in [1.82, 2.24) is 10.3 Å². The van der Waals surface area contributed by atoms with Crippen molar-refractivity contribution in [3.63, 3.8) is 0 Å². The third kappa shape index (κ3) is 4.77. The number of thiocarbonyl (C=S) groups is 1. The number of nitrogens with zero attached hydrogens (tertiary/aromatic N) is 1. The summed E-state index contributed by atoms with van der Waals surface area (Å²) in [5.41, 5.74) is 6.29. The summed E-state index contributed by atoms with van der Waals surface area (Å²) in [6.45, 7) is 4.67. The van der Waals surface area contributed by atoms with E-state index in [9.17, 15) is 4.79 Å². The Bertz CT molecular complexity index is 456. The first-order chi connectivity index (χ1) is 10.1. The molecule has 0 aromatic carbocycles. The fourth-order valence-electron chi connectivity index (χ4n) is 2.60. The average molecular weight is 307 g/mol. The molecule has 0 radical (unpaired) electrons. The molecule has 0 aliphatic heterocycles. The molecule has 116 valence electrons. The van der Waals surface area contributed by atoms with Crippen LogP contribution >= 0.6 is 12.2 Å². The molecule has 0 aliphatic carbocycles. The Morgan fingerprint density at radius 3 is 2.52 bits per heavy atom. The molecule has 0 unspecified atom stereocenters. The maximum atomic E-state index is 12.6. The lowest BCUT2D eigenvalue weighted by molar-refractivity contribution is -0.128. The van der Waals surface area contributed by atoms with Gasteiger partial charge in [-0.05, 0) is 30.9 Å². The van der Waals surface area contributed by atoms with E-state index in [4.69, 9.17) is 18.0 Å². The Labute approximate surface area is 132 Å². The van der Waals surface area contributed by atoms with Crippen LogP contribution in [0, 0.1) is 5.41 Å². The second kappa shape index (κ2) is 8.72. The van der Waals surface area contributed by atoms with Gasteiger partial charge in [-0.3, -0.25) is 9.78 Å². The summed E-state index contributed by atoms with van der Waals surface area (Å²) >= 11 is 5.19. The zero-order valence-electron chi connectivity index (χ0n) is 12.9. The van der Waals surface area contributed by atoms with E-state index in [0.29, 0.717) is 24.4 Å². The number of hydrogen-bond donors (Lipinski definition) is 2. The first-order valence-corrected chi connectivity index (χ1v) is 7.94. The summed E-state index contributed by atoms with van der Waals surface area (Å²) in [6.07, 6.45) is 7.48. The van der Waals surface area contributed by atoms with E-state index in [2.05, 4.69) is 10.3 Å². The average Bonchev–Trinajstić information content (AvgIpc) is 2.47. The number of nitrogens with two attached hydrogens (primary N) is 1. The Morgan fingerprint density at radius 2 is 2.05 bits per heavy atom. The van der Waals surface area contributed by atoms with E-state index in [0.717, 1.165) is 24.8 Å². The summed E-state index contributed by atoms with van der Waals surface area (Å²) < 4.78 is 0. The topological polar surface area (TPSA) is 68.0 Å². The van der Waals surface area contributed by atoms with Gasteiger partial charge in [-0.15, -0.1) is 0 Å². The van der Waals surface area contributed by atoms with E-state index in [-0.39, 0.29) is 5.91 Å². The molecule has 0 atom stereocenters. The monoisotopic (exact) mass is 307 g/mol. The zero-order valence-corrected chi connectivity index (χ0v) is 13.7. The molecule has 0 saturated carbocycles. The summed E-state index contributed by atoms with van der Waals surface area (Å²) in [4.78, 5) is 17.0. The minimum Gasteiger partial charge on any atom is -0.392 e. The molecule has 3 N–H and O–H groups in total. The molecule has 0 saturated heterocycles. The third-order valence-corrected chi connectivity index (χ3v) is 4.07. The highest BCUT2D eigenvalue weighted by Gasteiger charge is 2.39. The number of pyridine rings is 1. The molecule has 0 bridgehead atoms. The molecule has 1 amide bonds. The number of carbonyl (C=O) groups is 1. The van der Waals surface area contributed by atoms with Gasteiger partial charge in [0.05, 0.1) is 10.4 Å². The largest absolute Gasteiger partial charge is 0.392 e. The van der Waals surface area contributed by atoms with Gasteiger partial charge in [-0.2, -0.15) is 0 Å². The molecule has 5 heteroatoms. The Balaban J connectivity index is 2.66. The summed E-state index contributed by atoms with van der Waals surface area (Å²) in [5, 5.41) is 2.99. The fraction of sp³-hybridized carbons (Fsp3) is 0.562. The quantitative estimate of drug-likeness (QED) is 0.688. The number of nitrogens with one attached hydrogen (secondary N) is 1. The van der Waals surface area contributed by atoms with Gasteiger partial charge in [0.15, 0.2) is 0 Å². The number of aromatic nitrogens is 1. The van der Waals surface area contributed by atoms with Gasteiger partial charge in [-0.1, -0.05) is 45.0 Å². The van der Waals surface area contributed by atoms with Gasteiger partial charge in [-0.25, -0.2) is 0 Å². The number of carbonyl (C=O) groups excluding carboxylic acids is 1. The highest BCUT2D eigenvalue weighted by Crippen LogP contribution is 2.30. The van der Waals surface area contributed by atoms with Crippen molar-refractivity contribution in [3.8, 4) is 0 Å². The van der Waals surface area contributed by atoms with Crippen molar-refractivity contribution in [2.75, 3.05) is 6.54 Å². The summed E-state index contributed by atoms with van der Waals surface area (Å²) in [5.74, 6) is -0.0393. The fourth-order valence-corrected chi connectivity index (χ4v) is 2.90. The minimum absolute atomic E-state index is 0.0393. The Hall–Kier alpha value is -1.49. The number of amides is 1. The van der Waals surface area contributed by atoms with Crippen molar-refractivity contribution in [2.45, 2.75) is 46.0 Å². The van der Waals surface area contributed by atoms with Crippen molar-refractivity contribution < 1.29 is 4.79 Å². The Kier molecular flexibility index (Phi) is 7.29. The smallest absolute Gasteiger partial charge is 0.233 e. The lowest BCUT2D eigenvalue weighted by Gasteiger charge is -2.31. The molecule has 1 aromatic heterocycles. The van der Waals surface area contributed by atoms with E-state index in [1.54, 1.807) is 6.20 Å². The van der Waals surface area contributed by atoms with E-state index in [1.165, 1.54) is 0 Å². The molecular weight excluding hydrogens is 282 g/mol. The summed E-state index contributed by atoms with van der Waals surface area (Å²) in [7, 11) is 0. The highest BCUT2D eigenvalue weighted by molar-refractivity contribution is 7.80. The van der Waals surface area contributed by atoms with Crippen LogP contribution in [0.4, 0.5) is 0 Å². The Morgan fingerprint density at radius 1 is 1.38 bits per heavy atom. The van der Waals surface area contributed by atoms with Crippen LogP contribution in [0.2, 0.25) is 0 Å². The standard InChI is InChI=1S/C16H25N3OS/c1-3-8-16(9-4-2,14(17)21)15(20)19-11-7-13-6-5-10-18-12-13/h5-6,10,12H,3-4,7-9,11H2,1-2H3,(H2,17,21)(H,19,20). The van der Waals surface area contributed by atoms with Crippen molar-refractivity contribution in [2.24, 2.45) is 11.1 Å². The van der Waals surface area contributed by atoms with Gasteiger partial charge in [0.1, 0.15) is 0 Å². The normalized spacial score (nSPS) is 11.1. The van der Waals surface area contributed by atoms with Gasteiger partial charge in [0.2, 0.25) is 5.91 Å². The van der Waals surface area contributed by atoms with Crippen LogP contribution < -0.4 is 11.1 Å². The van der Waals surface area contributed by atoms with Gasteiger partial charge in [0, 0.05) is 18.9 Å². The SMILES string of the molecule is CCCC(CCC)(C(=O)NCCc1cccnc1)C(N)=S. The lowest BCUT2D eigenvalue weighted by atomic mass is 9.78. The molecule has 1 heterocycles. The molecule has 21 heavy (non-hydrogen) atoms. The lowest BCUT2D eigenvalue weighted by Crippen LogP contribution is -2.49. The maximum absolute atomic E-state index is 12.6. The predicted octanol–water partition coefficient (Wildman–Crippen LogP) is 2.61. The van der Waals surface area contributed by atoms with Crippen LogP contribution in [0.3, 0.4) is 0 Å². The van der Waals surface area contributed by atoms with Crippen LogP contribution in [-0.4, -0.2) is 22.4 Å². The highest BCUT2D eigenvalue weighted by atomic mass is 32.1. The second-order valence-electron chi connectivity index (χ2n) is 5.31.